The average molecular weight is 448 g/mol. The Morgan fingerprint density at radius 2 is 1.61 bits per heavy atom. The van der Waals surface area contributed by atoms with Gasteiger partial charge in [-0.25, -0.2) is 8.42 Å². The zero-order valence-electron chi connectivity index (χ0n) is 18.4. The van der Waals surface area contributed by atoms with Gasteiger partial charge in [0.2, 0.25) is 0 Å². The number of benzene rings is 2. The SMILES string of the molecule is CC[C@H](C)NC(=O)c1ccccc1NS(=O)(=O)c1ccc(OC)c(C(=O)NC(C)C)c1. The van der Waals surface area contributed by atoms with E-state index in [0.717, 1.165) is 6.42 Å². The van der Waals surface area contributed by atoms with Gasteiger partial charge >= 0.3 is 0 Å². The number of carbonyl (C=O) groups is 2. The third-order valence-corrected chi connectivity index (χ3v) is 5.91. The molecule has 2 amide bonds. The molecule has 0 aliphatic carbocycles. The molecule has 0 bridgehead atoms. The summed E-state index contributed by atoms with van der Waals surface area (Å²) in [5.74, 6) is -0.568. The number of anilines is 1. The zero-order valence-corrected chi connectivity index (χ0v) is 19.2. The molecule has 2 rings (SSSR count). The van der Waals surface area contributed by atoms with Crippen LogP contribution in [-0.2, 0) is 10.0 Å². The van der Waals surface area contributed by atoms with Crippen LogP contribution in [0.2, 0.25) is 0 Å². The second kappa shape index (κ2) is 10.3. The van der Waals surface area contributed by atoms with Gasteiger partial charge in [0.05, 0.1) is 28.8 Å². The minimum atomic E-state index is -4.08. The second-order valence-electron chi connectivity index (χ2n) is 7.42. The fraction of sp³-hybridized carbons (Fsp3) is 0.364. The molecule has 31 heavy (non-hydrogen) atoms. The number of carbonyl (C=O) groups excluding carboxylic acids is 2. The summed E-state index contributed by atoms with van der Waals surface area (Å²) in [6.07, 6.45) is 0.743. The Bertz CT molecular complexity index is 1050. The number of ether oxygens (including phenoxy) is 1. The van der Waals surface area contributed by atoms with Crippen molar-refractivity contribution in [2.24, 2.45) is 0 Å². The van der Waals surface area contributed by atoms with Gasteiger partial charge in [-0.2, -0.15) is 0 Å². The maximum atomic E-state index is 13.0. The Hall–Kier alpha value is -3.07. The van der Waals surface area contributed by atoms with Crippen LogP contribution in [0.5, 0.6) is 5.75 Å². The Labute approximate surface area is 183 Å². The van der Waals surface area contributed by atoms with Crippen molar-refractivity contribution in [1.82, 2.24) is 10.6 Å². The molecule has 168 valence electrons. The second-order valence-corrected chi connectivity index (χ2v) is 9.11. The van der Waals surface area contributed by atoms with Crippen LogP contribution in [-0.4, -0.2) is 39.4 Å². The summed E-state index contributed by atoms with van der Waals surface area (Å²) < 4.78 is 33.7. The normalized spacial score (nSPS) is 12.2. The predicted molar refractivity (Wildman–Crippen MR) is 120 cm³/mol. The molecular weight excluding hydrogens is 418 g/mol. The average Bonchev–Trinajstić information content (AvgIpc) is 2.72. The largest absolute Gasteiger partial charge is 0.496 e. The van der Waals surface area contributed by atoms with Gasteiger partial charge in [-0.1, -0.05) is 19.1 Å². The maximum Gasteiger partial charge on any atom is 0.261 e. The summed E-state index contributed by atoms with van der Waals surface area (Å²) in [4.78, 5) is 24.9. The van der Waals surface area contributed by atoms with Gasteiger partial charge < -0.3 is 15.4 Å². The lowest BCUT2D eigenvalue weighted by molar-refractivity contribution is 0.0931. The van der Waals surface area contributed by atoms with E-state index in [1.165, 1.54) is 31.4 Å². The lowest BCUT2D eigenvalue weighted by Crippen LogP contribution is -2.32. The summed E-state index contributed by atoms with van der Waals surface area (Å²) >= 11 is 0. The molecular formula is C22H29N3O5S. The molecule has 0 unspecified atom stereocenters. The first-order chi connectivity index (χ1) is 14.6. The third kappa shape index (κ3) is 6.21. The summed E-state index contributed by atoms with van der Waals surface area (Å²) in [6, 6.07) is 10.2. The van der Waals surface area contributed by atoms with Crippen LogP contribution in [0.15, 0.2) is 47.4 Å². The van der Waals surface area contributed by atoms with Gasteiger partial charge in [-0.15, -0.1) is 0 Å². The van der Waals surface area contributed by atoms with Crippen LogP contribution in [0.3, 0.4) is 0 Å². The van der Waals surface area contributed by atoms with Crippen molar-refractivity contribution in [1.29, 1.82) is 0 Å². The molecule has 0 aliphatic heterocycles. The van der Waals surface area contributed by atoms with Gasteiger partial charge in [0.25, 0.3) is 21.8 Å². The molecule has 0 heterocycles. The van der Waals surface area contributed by atoms with Crippen LogP contribution in [0.4, 0.5) is 5.69 Å². The van der Waals surface area contributed by atoms with E-state index in [1.54, 1.807) is 32.0 Å². The molecule has 2 aromatic carbocycles. The van der Waals surface area contributed by atoms with Crippen molar-refractivity contribution in [3.8, 4) is 5.75 Å². The van der Waals surface area contributed by atoms with Crippen molar-refractivity contribution in [3.05, 3.63) is 53.6 Å². The minimum absolute atomic E-state index is 0.0548. The van der Waals surface area contributed by atoms with Crippen molar-refractivity contribution in [2.75, 3.05) is 11.8 Å². The van der Waals surface area contributed by atoms with Crippen LogP contribution < -0.4 is 20.1 Å². The first kappa shape index (κ1) is 24.2. The molecule has 0 radical (unpaired) electrons. The molecule has 0 aromatic heterocycles. The highest BCUT2D eigenvalue weighted by Gasteiger charge is 2.22. The first-order valence-corrected chi connectivity index (χ1v) is 11.5. The van der Waals surface area contributed by atoms with Crippen molar-refractivity contribution in [2.45, 2.75) is 51.1 Å². The fourth-order valence-corrected chi connectivity index (χ4v) is 3.85. The summed E-state index contributed by atoms with van der Waals surface area (Å²) in [5, 5.41) is 5.55. The topological polar surface area (TPSA) is 114 Å². The van der Waals surface area contributed by atoms with Gasteiger partial charge in [0, 0.05) is 12.1 Å². The lowest BCUT2D eigenvalue weighted by Gasteiger charge is -2.16. The molecule has 0 fully saturated rings. The molecule has 0 aliphatic rings. The van der Waals surface area contributed by atoms with Crippen molar-refractivity contribution in [3.63, 3.8) is 0 Å². The Kier molecular flexibility index (Phi) is 8.04. The van der Waals surface area contributed by atoms with Crippen molar-refractivity contribution < 1.29 is 22.7 Å². The molecule has 1 atom stereocenters. The van der Waals surface area contributed by atoms with Crippen LogP contribution in [0.25, 0.3) is 0 Å². The smallest absolute Gasteiger partial charge is 0.261 e. The number of amides is 2. The highest BCUT2D eigenvalue weighted by Crippen LogP contribution is 2.25. The van der Waals surface area contributed by atoms with E-state index in [2.05, 4.69) is 15.4 Å². The number of hydrogen-bond donors (Lipinski definition) is 3. The summed E-state index contributed by atoms with van der Waals surface area (Å²) in [7, 11) is -2.68. The fourth-order valence-electron chi connectivity index (χ4n) is 2.75. The number of hydrogen-bond acceptors (Lipinski definition) is 5. The molecule has 3 N–H and O–H groups in total. The molecule has 0 saturated heterocycles. The van der Waals surface area contributed by atoms with Gasteiger partial charge in [-0.05, 0) is 57.5 Å². The molecule has 9 heteroatoms. The molecule has 8 nitrogen and oxygen atoms in total. The maximum absolute atomic E-state index is 13.0. The van der Waals surface area contributed by atoms with Gasteiger partial charge in [0.1, 0.15) is 5.75 Å². The van der Waals surface area contributed by atoms with Gasteiger partial charge in [-0.3, -0.25) is 14.3 Å². The summed E-state index contributed by atoms with van der Waals surface area (Å²) in [5.41, 5.74) is 0.451. The quantitative estimate of drug-likeness (QED) is 0.546. The van der Waals surface area contributed by atoms with Crippen LogP contribution in [0.1, 0.15) is 54.8 Å². The number of para-hydroxylation sites is 1. The van der Waals surface area contributed by atoms with E-state index in [1.807, 2.05) is 13.8 Å². The van der Waals surface area contributed by atoms with Crippen molar-refractivity contribution >= 4 is 27.5 Å². The first-order valence-electron chi connectivity index (χ1n) is 10.0. The minimum Gasteiger partial charge on any atom is -0.496 e. The Balaban J connectivity index is 2.40. The van der Waals surface area contributed by atoms with E-state index in [9.17, 15) is 18.0 Å². The molecule has 0 spiro atoms. The summed E-state index contributed by atoms with van der Waals surface area (Å²) in [6.45, 7) is 7.41. The Morgan fingerprint density at radius 1 is 0.968 bits per heavy atom. The highest BCUT2D eigenvalue weighted by molar-refractivity contribution is 7.92. The number of nitrogens with one attached hydrogen (secondary N) is 3. The van der Waals surface area contributed by atoms with Crippen LogP contribution in [0, 0.1) is 0 Å². The molecule has 2 aromatic rings. The standard InChI is InChI=1S/C22H29N3O5S/c1-6-15(4)24-21(26)17-9-7-8-10-19(17)25-31(28,29)16-11-12-20(30-5)18(13-16)22(27)23-14(2)3/h7-15,25H,6H2,1-5H3,(H,23,27)(H,24,26)/t15-/m0/s1. The molecule has 0 saturated carbocycles. The third-order valence-electron chi connectivity index (χ3n) is 4.55. The zero-order chi connectivity index (χ0) is 23.2. The lowest BCUT2D eigenvalue weighted by atomic mass is 10.1. The monoisotopic (exact) mass is 447 g/mol. The highest BCUT2D eigenvalue weighted by atomic mass is 32.2. The van der Waals surface area contributed by atoms with E-state index in [0.29, 0.717) is 0 Å². The van der Waals surface area contributed by atoms with E-state index in [-0.39, 0.29) is 45.5 Å². The van der Waals surface area contributed by atoms with E-state index >= 15 is 0 Å². The van der Waals surface area contributed by atoms with E-state index in [4.69, 9.17) is 4.74 Å². The predicted octanol–water partition coefficient (Wildman–Crippen LogP) is 3.16. The van der Waals surface area contributed by atoms with E-state index < -0.39 is 15.9 Å². The van der Waals surface area contributed by atoms with Gasteiger partial charge in [0.15, 0.2) is 0 Å². The Morgan fingerprint density at radius 3 is 2.23 bits per heavy atom. The number of methoxy groups -OCH3 is 1. The number of rotatable bonds is 9. The number of sulfonamides is 1. The van der Waals surface area contributed by atoms with Crippen LogP contribution >= 0.6 is 0 Å².